The second kappa shape index (κ2) is 6.59. The Morgan fingerprint density at radius 3 is 2.72 bits per heavy atom. The van der Waals surface area contributed by atoms with Gasteiger partial charge in [-0.05, 0) is 12.8 Å². The summed E-state index contributed by atoms with van der Waals surface area (Å²) in [5, 5.41) is 0. The zero-order valence-corrected chi connectivity index (χ0v) is 11.6. The first-order chi connectivity index (χ1) is 8.56. The van der Waals surface area contributed by atoms with Gasteiger partial charge in [0.05, 0.1) is 19.2 Å². The fraction of sp³-hybridized carbons (Fsp3) is 0.643. The monoisotopic (exact) mass is 252 g/mol. The van der Waals surface area contributed by atoms with E-state index in [9.17, 15) is 4.79 Å². The predicted octanol–water partition coefficient (Wildman–Crippen LogP) is 2.17. The Labute approximate surface area is 109 Å². The number of carbonyl (C=O) groups excluding carboxylic acids is 1. The molecule has 1 amide bonds. The molecule has 0 aromatic rings. The lowest BCUT2D eigenvalue weighted by Gasteiger charge is -2.29. The number of carbonyl (C=O) groups is 1. The second-order valence-electron chi connectivity index (χ2n) is 4.65. The van der Waals surface area contributed by atoms with Crippen molar-refractivity contribution < 1.29 is 9.53 Å². The van der Waals surface area contributed by atoms with Crippen LogP contribution in [0.5, 0.6) is 0 Å². The maximum atomic E-state index is 12.3. The third-order valence-electron chi connectivity index (χ3n) is 3.21. The van der Waals surface area contributed by atoms with Crippen LogP contribution < -0.4 is 5.73 Å². The third-order valence-corrected chi connectivity index (χ3v) is 3.21. The molecule has 0 bridgehead atoms. The average Bonchev–Trinajstić information content (AvgIpc) is 2.65. The minimum atomic E-state index is -0.448. The maximum Gasteiger partial charge on any atom is 0.244 e. The summed E-state index contributed by atoms with van der Waals surface area (Å²) in [5.41, 5.74) is 6.60. The molecule has 1 rings (SSSR count). The number of nitrogens with zero attached hydrogens (tertiary/aromatic N) is 1. The molecule has 0 aromatic carbocycles. The zero-order chi connectivity index (χ0) is 13.7. The van der Waals surface area contributed by atoms with E-state index in [0.717, 1.165) is 25.0 Å². The molecule has 2 N–H and O–H groups in total. The molecule has 1 heterocycles. The van der Waals surface area contributed by atoms with E-state index in [2.05, 4.69) is 13.5 Å². The zero-order valence-electron chi connectivity index (χ0n) is 11.6. The van der Waals surface area contributed by atoms with Crippen molar-refractivity contribution in [3.63, 3.8) is 0 Å². The van der Waals surface area contributed by atoms with Crippen LogP contribution >= 0.6 is 0 Å². The number of hydrogen-bond acceptors (Lipinski definition) is 3. The summed E-state index contributed by atoms with van der Waals surface area (Å²) in [7, 11) is 1.63. The molecule has 0 radical (unpaired) electrons. The third kappa shape index (κ3) is 2.93. The van der Waals surface area contributed by atoms with Crippen LogP contribution in [-0.2, 0) is 9.53 Å². The Kier molecular flexibility index (Phi) is 5.41. The van der Waals surface area contributed by atoms with Crippen LogP contribution in [0.15, 0.2) is 24.1 Å². The van der Waals surface area contributed by atoms with E-state index in [4.69, 9.17) is 10.5 Å². The molecule has 4 nitrogen and oxygen atoms in total. The molecule has 18 heavy (non-hydrogen) atoms. The van der Waals surface area contributed by atoms with Gasteiger partial charge in [-0.25, -0.2) is 0 Å². The summed E-state index contributed by atoms with van der Waals surface area (Å²) in [6.07, 6.45) is 5.27. The Morgan fingerprint density at radius 1 is 1.56 bits per heavy atom. The lowest BCUT2D eigenvalue weighted by atomic mass is 10.1. The first kappa shape index (κ1) is 14.8. The summed E-state index contributed by atoms with van der Waals surface area (Å²) >= 11 is 0. The molecule has 0 spiro atoms. The van der Waals surface area contributed by atoms with Crippen LogP contribution in [-0.4, -0.2) is 30.0 Å². The number of amides is 1. The highest BCUT2D eigenvalue weighted by Crippen LogP contribution is 2.30. The van der Waals surface area contributed by atoms with Gasteiger partial charge in [-0.3, -0.25) is 4.79 Å². The minimum Gasteiger partial charge on any atom is -0.499 e. The van der Waals surface area contributed by atoms with Crippen LogP contribution in [0.4, 0.5) is 0 Å². The van der Waals surface area contributed by atoms with Crippen molar-refractivity contribution in [2.24, 2.45) is 5.73 Å². The first-order valence-electron chi connectivity index (χ1n) is 6.59. The fourth-order valence-electron chi connectivity index (χ4n) is 2.31. The van der Waals surface area contributed by atoms with Crippen molar-refractivity contribution >= 4 is 5.91 Å². The lowest BCUT2D eigenvalue weighted by molar-refractivity contribution is -0.132. The van der Waals surface area contributed by atoms with Gasteiger partial charge in [0.15, 0.2) is 0 Å². The van der Waals surface area contributed by atoms with Crippen LogP contribution in [0.1, 0.15) is 39.5 Å². The van der Waals surface area contributed by atoms with Gasteiger partial charge < -0.3 is 15.4 Å². The van der Waals surface area contributed by atoms with Gasteiger partial charge in [0, 0.05) is 11.8 Å². The molecule has 0 saturated heterocycles. The van der Waals surface area contributed by atoms with Crippen LogP contribution in [0.3, 0.4) is 0 Å². The van der Waals surface area contributed by atoms with Gasteiger partial charge in [0.1, 0.15) is 5.76 Å². The topological polar surface area (TPSA) is 55.6 Å². The van der Waals surface area contributed by atoms with E-state index in [1.807, 2.05) is 13.0 Å². The molecule has 1 aliphatic heterocycles. The summed E-state index contributed by atoms with van der Waals surface area (Å²) in [4.78, 5) is 14.0. The number of allylic oxidation sites excluding steroid dienone is 1. The smallest absolute Gasteiger partial charge is 0.244 e. The molecule has 102 valence electrons. The molecule has 0 aromatic heterocycles. The number of methoxy groups -OCH3 is 1. The molecule has 0 aliphatic carbocycles. The van der Waals surface area contributed by atoms with Crippen molar-refractivity contribution in [3.05, 3.63) is 24.1 Å². The summed E-state index contributed by atoms with van der Waals surface area (Å²) in [5.74, 6) is 0.752. The van der Waals surface area contributed by atoms with Gasteiger partial charge in [0.2, 0.25) is 5.91 Å². The molecule has 2 unspecified atom stereocenters. The summed E-state index contributed by atoms with van der Waals surface area (Å²) in [6, 6.07) is -0.487. The molecule has 0 fully saturated rings. The fourth-order valence-corrected chi connectivity index (χ4v) is 2.31. The van der Waals surface area contributed by atoms with Crippen LogP contribution in [0.25, 0.3) is 0 Å². The second-order valence-corrected chi connectivity index (χ2v) is 4.65. The highest BCUT2D eigenvalue weighted by atomic mass is 16.5. The highest BCUT2D eigenvalue weighted by Gasteiger charge is 2.35. The van der Waals surface area contributed by atoms with Gasteiger partial charge in [0.25, 0.3) is 0 Å². The van der Waals surface area contributed by atoms with E-state index in [0.29, 0.717) is 12.1 Å². The van der Waals surface area contributed by atoms with E-state index in [-0.39, 0.29) is 11.9 Å². The summed E-state index contributed by atoms with van der Waals surface area (Å²) in [6.45, 7) is 8.03. The van der Waals surface area contributed by atoms with Crippen molar-refractivity contribution in [1.82, 2.24) is 4.90 Å². The average molecular weight is 252 g/mol. The predicted molar refractivity (Wildman–Crippen MR) is 72.7 cm³/mol. The van der Waals surface area contributed by atoms with E-state index >= 15 is 0 Å². The molecular weight excluding hydrogens is 228 g/mol. The van der Waals surface area contributed by atoms with Gasteiger partial charge in [-0.1, -0.05) is 33.3 Å². The number of hydrogen-bond donors (Lipinski definition) is 1. The number of ether oxygens (including phenoxy) is 1. The van der Waals surface area contributed by atoms with E-state index in [1.165, 1.54) is 0 Å². The Hall–Kier alpha value is -1.29. The van der Waals surface area contributed by atoms with Crippen molar-refractivity contribution in [1.29, 1.82) is 0 Å². The molecule has 0 saturated carbocycles. The van der Waals surface area contributed by atoms with E-state index in [1.54, 1.807) is 12.0 Å². The Morgan fingerprint density at radius 2 is 2.22 bits per heavy atom. The SMILES string of the molecule is C=C1C=C(OC)C(CCC)N1C(=O)C(N)CCC. The Bertz CT molecular complexity index is 350. The van der Waals surface area contributed by atoms with Crippen LogP contribution in [0, 0.1) is 0 Å². The van der Waals surface area contributed by atoms with Crippen LogP contribution in [0.2, 0.25) is 0 Å². The van der Waals surface area contributed by atoms with E-state index < -0.39 is 6.04 Å². The van der Waals surface area contributed by atoms with Gasteiger partial charge in [-0.2, -0.15) is 0 Å². The molecule has 2 atom stereocenters. The quantitative estimate of drug-likeness (QED) is 0.788. The molecular formula is C14H24N2O2. The summed E-state index contributed by atoms with van der Waals surface area (Å²) < 4.78 is 5.33. The first-order valence-corrected chi connectivity index (χ1v) is 6.59. The largest absolute Gasteiger partial charge is 0.499 e. The lowest BCUT2D eigenvalue weighted by Crippen LogP contribution is -2.46. The minimum absolute atomic E-state index is 0.0390. The Balaban J connectivity index is 2.86. The van der Waals surface area contributed by atoms with Gasteiger partial charge >= 0.3 is 0 Å². The van der Waals surface area contributed by atoms with Crippen molar-refractivity contribution in [2.75, 3.05) is 7.11 Å². The number of rotatable bonds is 6. The maximum absolute atomic E-state index is 12.3. The normalized spacial score (nSPS) is 20.9. The molecule has 4 heteroatoms. The molecule has 1 aliphatic rings. The standard InChI is InChI=1S/C14H24N2O2/c1-5-7-11(15)14(17)16-10(3)9-13(18-4)12(16)8-6-2/h9,11-12H,3,5-8,15H2,1-2,4H3. The van der Waals surface area contributed by atoms with Crippen molar-refractivity contribution in [3.8, 4) is 0 Å². The number of nitrogens with two attached hydrogens (primary N) is 1. The highest BCUT2D eigenvalue weighted by molar-refractivity contribution is 5.85. The van der Waals surface area contributed by atoms with Crippen molar-refractivity contribution in [2.45, 2.75) is 51.6 Å². The van der Waals surface area contributed by atoms with Gasteiger partial charge in [-0.15, -0.1) is 0 Å².